The maximum absolute atomic E-state index is 13.3. The fourth-order valence-electron chi connectivity index (χ4n) is 3.92. The number of benzene rings is 3. The normalized spacial score (nSPS) is 11.3. The smallest absolute Gasteiger partial charge is 0.257 e. The number of carbonyl (C=O) groups is 1. The van der Waals surface area contributed by atoms with Crippen molar-refractivity contribution in [1.82, 2.24) is 20.0 Å². The lowest BCUT2D eigenvalue weighted by molar-refractivity contribution is 0.0953. The molecule has 5 rings (SSSR count). The highest BCUT2D eigenvalue weighted by Crippen LogP contribution is 2.29. The third kappa shape index (κ3) is 4.64. The lowest BCUT2D eigenvalue weighted by atomic mass is 10.2. The van der Waals surface area contributed by atoms with Crippen molar-refractivity contribution in [3.05, 3.63) is 89.2 Å². The van der Waals surface area contributed by atoms with Crippen LogP contribution in [-0.4, -0.2) is 41.0 Å². The van der Waals surface area contributed by atoms with E-state index in [1.165, 1.54) is 16.8 Å². The summed E-state index contributed by atoms with van der Waals surface area (Å²) in [7, 11) is 3.11. The van der Waals surface area contributed by atoms with Crippen LogP contribution in [0.1, 0.15) is 21.5 Å². The molecule has 0 saturated carbocycles. The molecule has 186 valence electrons. The number of nitrogens with one attached hydrogen (secondary N) is 1. The second-order valence-electron chi connectivity index (χ2n) is 8.12. The van der Waals surface area contributed by atoms with E-state index in [1.807, 2.05) is 30.3 Å². The van der Waals surface area contributed by atoms with Gasteiger partial charge in [0.2, 0.25) is 0 Å². The Bertz CT molecular complexity index is 1650. The van der Waals surface area contributed by atoms with Gasteiger partial charge in [0.05, 0.1) is 31.5 Å². The summed E-state index contributed by atoms with van der Waals surface area (Å²) in [4.78, 5) is 22.6. The molecule has 0 saturated heterocycles. The average Bonchev–Trinajstić information content (AvgIpc) is 3.19. The van der Waals surface area contributed by atoms with Crippen LogP contribution in [0.25, 0.3) is 22.2 Å². The highest BCUT2D eigenvalue weighted by molar-refractivity contribution is 6.10. The fraction of sp³-hybridized carbons (Fsp3) is 0.111. The largest absolute Gasteiger partial charge is 0.493 e. The third-order valence-corrected chi connectivity index (χ3v) is 5.80. The summed E-state index contributed by atoms with van der Waals surface area (Å²) < 4.78 is 25.3. The van der Waals surface area contributed by atoms with E-state index in [9.17, 15) is 9.18 Å². The van der Waals surface area contributed by atoms with Crippen molar-refractivity contribution >= 4 is 40.1 Å². The summed E-state index contributed by atoms with van der Waals surface area (Å²) >= 11 is 0. The van der Waals surface area contributed by atoms with Crippen LogP contribution in [0.2, 0.25) is 0 Å². The first kappa shape index (κ1) is 23.7. The molecule has 2 aromatic heterocycles. The minimum absolute atomic E-state index is 0.0821. The highest BCUT2D eigenvalue weighted by atomic mass is 19.1. The molecule has 9 nitrogen and oxygen atoms in total. The second-order valence-corrected chi connectivity index (χ2v) is 8.12. The van der Waals surface area contributed by atoms with Gasteiger partial charge < -0.3 is 20.5 Å². The van der Waals surface area contributed by atoms with Gasteiger partial charge in [-0.15, -0.1) is 0 Å². The molecule has 0 aliphatic carbocycles. The van der Waals surface area contributed by atoms with Gasteiger partial charge in [0, 0.05) is 6.54 Å². The number of amides is 1. The molecule has 10 heteroatoms. The monoisotopic (exact) mass is 498 g/mol. The molecule has 0 atom stereocenters. The van der Waals surface area contributed by atoms with E-state index < -0.39 is 5.91 Å². The Morgan fingerprint density at radius 2 is 1.73 bits per heavy atom. The number of halogens is 1. The van der Waals surface area contributed by atoms with Gasteiger partial charge in [-0.25, -0.2) is 14.4 Å². The van der Waals surface area contributed by atoms with Gasteiger partial charge in [0.1, 0.15) is 22.7 Å². The van der Waals surface area contributed by atoms with Gasteiger partial charge in [0.25, 0.3) is 5.91 Å². The maximum atomic E-state index is 13.3. The van der Waals surface area contributed by atoms with Crippen LogP contribution >= 0.6 is 0 Å². The minimum atomic E-state index is -0.448. The number of methoxy groups -OCH3 is 2. The molecule has 0 aliphatic rings. The first-order valence-electron chi connectivity index (χ1n) is 11.3. The molecule has 0 unspecified atom stereocenters. The van der Waals surface area contributed by atoms with E-state index in [2.05, 4.69) is 20.4 Å². The first-order chi connectivity index (χ1) is 18.0. The van der Waals surface area contributed by atoms with E-state index in [4.69, 9.17) is 15.2 Å². The number of nitrogen functional groups attached to an aromatic ring is 1. The Balaban J connectivity index is 1.57. The number of hydrogen-bond donors (Lipinski definition) is 2. The summed E-state index contributed by atoms with van der Waals surface area (Å²) in [5.74, 6) is 0.415. The predicted molar refractivity (Wildman–Crippen MR) is 140 cm³/mol. The van der Waals surface area contributed by atoms with E-state index in [-0.39, 0.29) is 23.7 Å². The van der Waals surface area contributed by atoms with Crippen molar-refractivity contribution in [2.45, 2.75) is 6.54 Å². The molecule has 0 radical (unpaired) electrons. The number of rotatable bonds is 7. The molecule has 5 aromatic rings. The molecule has 2 heterocycles. The summed E-state index contributed by atoms with van der Waals surface area (Å²) in [5.41, 5.74) is 9.95. The van der Waals surface area contributed by atoms with Gasteiger partial charge in [-0.05, 0) is 53.6 Å². The molecule has 0 bridgehead atoms. The van der Waals surface area contributed by atoms with Gasteiger partial charge in [-0.3, -0.25) is 4.79 Å². The first-order valence-corrected chi connectivity index (χ1v) is 11.3. The molecule has 0 fully saturated rings. The SMILES string of the molecule is COc1ccc(/C=N\n2c(N)c(C(=O)NCc3ccc(F)cc3)c3nc4ccccc4nc32)cc1OC. The summed E-state index contributed by atoms with van der Waals surface area (Å²) in [6.45, 7) is 0.182. The van der Waals surface area contributed by atoms with Gasteiger partial charge >= 0.3 is 0 Å². The number of nitrogens with zero attached hydrogens (tertiary/aromatic N) is 4. The summed E-state index contributed by atoms with van der Waals surface area (Å²) in [5, 5.41) is 7.34. The second kappa shape index (κ2) is 9.94. The number of carbonyl (C=O) groups excluding carboxylic acids is 1. The van der Waals surface area contributed by atoms with Crippen LogP contribution in [-0.2, 0) is 6.54 Å². The van der Waals surface area contributed by atoms with Crippen LogP contribution in [0.3, 0.4) is 0 Å². The standard InChI is InChI=1S/C27H23FN6O3/c1-36-21-12-9-17(13-22(21)37-2)15-31-34-25(29)23(27(35)30-14-16-7-10-18(28)11-8-16)24-26(34)33-20-6-4-3-5-19(20)32-24/h3-13,15H,14,29H2,1-2H3,(H,30,35)/b31-15-. The molecule has 0 spiro atoms. The summed E-state index contributed by atoms with van der Waals surface area (Å²) in [6.07, 6.45) is 1.58. The Morgan fingerprint density at radius 1 is 1.03 bits per heavy atom. The number of aromatic nitrogens is 3. The third-order valence-electron chi connectivity index (χ3n) is 5.80. The fourth-order valence-corrected chi connectivity index (χ4v) is 3.92. The average molecular weight is 499 g/mol. The van der Waals surface area contributed by atoms with Crippen molar-refractivity contribution in [2.24, 2.45) is 5.10 Å². The lowest BCUT2D eigenvalue weighted by Gasteiger charge is -2.07. The minimum Gasteiger partial charge on any atom is -0.493 e. The maximum Gasteiger partial charge on any atom is 0.257 e. The number of anilines is 1. The van der Waals surface area contributed by atoms with Crippen LogP contribution in [0, 0.1) is 5.82 Å². The Kier molecular flexibility index (Phi) is 6.38. The van der Waals surface area contributed by atoms with Crippen LogP contribution in [0.4, 0.5) is 10.2 Å². The van der Waals surface area contributed by atoms with Crippen molar-refractivity contribution in [1.29, 1.82) is 0 Å². The van der Waals surface area contributed by atoms with Gasteiger partial charge in [-0.1, -0.05) is 24.3 Å². The Morgan fingerprint density at radius 3 is 2.43 bits per heavy atom. The number of nitrogens with two attached hydrogens (primary N) is 1. The quantitative estimate of drug-likeness (QED) is 0.326. The predicted octanol–water partition coefficient (Wildman–Crippen LogP) is 4.14. The summed E-state index contributed by atoms with van der Waals surface area (Å²) in [6, 6.07) is 18.5. The number of fused-ring (bicyclic) bond motifs is 2. The topological polar surface area (TPSA) is 117 Å². The van der Waals surface area contributed by atoms with Crippen molar-refractivity contribution < 1.29 is 18.7 Å². The zero-order chi connectivity index (χ0) is 25.9. The molecule has 3 aromatic carbocycles. The molecular weight excluding hydrogens is 475 g/mol. The van der Waals surface area contributed by atoms with E-state index in [1.54, 1.807) is 44.7 Å². The van der Waals surface area contributed by atoms with Crippen molar-refractivity contribution in [2.75, 3.05) is 20.0 Å². The highest BCUT2D eigenvalue weighted by Gasteiger charge is 2.24. The molecular formula is C27H23FN6O3. The Labute approximate surface area is 211 Å². The van der Waals surface area contributed by atoms with Crippen LogP contribution < -0.4 is 20.5 Å². The van der Waals surface area contributed by atoms with E-state index >= 15 is 0 Å². The number of ether oxygens (including phenoxy) is 2. The van der Waals surface area contributed by atoms with Crippen LogP contribution in [0.15, 0.2) is 71.8 Å². The molecule has 1 amide bonds. The zero-order valence-corrected chi connectivity index (χ0v) is 20.1. The van der Waals surface area contributed by atoms with Gasteiger partial charge in [-0.2, -0.15) is 9.78 Å². The number of para-hydroxylation sites is 2. The zero-order valence-electron chi connectivity index (χ0n) is 20.1. The van der Waals surface area contributed by atoms with Crippen LogP contribution in [0.5, 0.6) is 11.5 Å². The molecule has 0 aliphatic heterocycles. The van der Waals surface area contributed by atoms with E-state index in [0.29, 0.717) is 33.7 Å². The molecule has 3 N–H and O–H groups in total. The van der Waals surface area contributed by atoms with Gasteiger partial charge in [0.15, 0.2) is 17.1 Å². The Hall–Kier alpha value is -4.99. The van der Waals surface area contributed by atoms with Crippen molar-refractivity contribution in [3.8, 4) is 11.5 Å². The van der Waals surface area contributed by atoms with E-state index in [0.717, 1.165) is 11.1 Å². The number of hydrogen-bond acceptors (Lipinski definition) is 7. The van der Waals surface area contributed by atoms with Crippen molar-refractivity contribution in [3.63, 3.8) is 0 Å². The lowest BCUT2D eigenvalue weighted by Crippen LogP contribution is -2.23. The molecule has 37 heavy (non-hydrogen) atoms.